The fraction of sp³-hybridized carbons (Fsp3) is 1.00. The molecule has 3 heteroatoms. The number of aliphatic hydroxyl groups is 1. The van der Waals surface area contributed by atoms with Crippen LogP contribution in [0.15, 0.2) is 0 Å². The molecule has 1 aliphatic heterocycles. The van der Waals surface area contributed by atoms with E-state index in [1.54, 1.807) is 5.01 Å². The van der Waals surface area contributed by atoms with Crippen molar-refractivity contribution in [2.75, 3.05) is 13.1 Å². The van der Waals surface area contributed by atoms with Gasteiger partial charge in [-0.05, 0) is 18.3 Å². The van der Waals surface area contributed by atoms with Gasteiger partial charge in [-0.3, -0.25) is 5.84 Å². The molecule has 1 aliphatic rings. The molecule has 0 saturated carbocycles. The number of nitrogens with two attached hydrogens (primary N) is 1. The topological polar surface area (TPSA) is 49.5 Å². The van der Waals surface area contributed by atoms with Gasteiger partial charge in [0, 0.05) is 13.1 Å². The third-order valence-electron chi connectivity index (χ3n) is 2.17. The first-order valence-electron chi connectivity index (χ1n) is 4.17. The molecule has 3 nitrogen and oxygen atoms in total. The second kappa shape index (κ2) is 3.09. The summed E-state index contributed by atoms with van der Waals surface area (Å²) in [6.45, 7) is 5.97. The monoisotopic (exact) mass is 158 g/mol. The average Bonchev–Trinajstić information content (AvgIpc) is 1.89. The summed E-state index contributed by atoms with van der Waals surface area (Å²) in [6.07, 6.45) is 1.50. The summed E-state index contributed by atoms with van der Waals surface area (Å²) in [5, 5.41) is 11.3. The molecule has 0 amide bonds. The summed E-state index contributed by atoms with van der Waals surface area (Å²) in [5.74, 6) is 5.69. The summed E-state index contributed by atoms with van der Waals surface area (Å²) in [4.78, 5) is 0. The Hall–Kier alpha value is -0.120. The predicted molar refractivity (Wildman–Crippen MR) is 44.8 cm³/mol. The Kier molecular flexibility index (Phi) is 2.52. The first-order valence-corrected chi connectivity index (χ1v) is 4.17. The maximum atomic E-state index is 9.46. The standard InChI is InChI=1S/C8H18N2O/c1-8(2)5-7(11)3-4-10(9)6-8/h7,11H,3-6,9H2,1-2H3. The van der Waals surface area contributed by atoms with Crippen molar-refractivity contribution < 1.29 is 5.11 Å². The van der Waals surface area contributed by atoms with Crippen molar-refractivity contribution in [1.82, 2.24) is 5.01 Å². The Morgan fingerprint density at radius 3 is 2.82 bits per heavy atom. The molecule has 1 saturated heterocycles. The molecule has 0 bridgehead atoms. The van der Waals surface area contributed by atoms with Crippen LogP contribution in [0.3, 0.4) is 0 Å². The normalized spacial score (nSPS) is 33.3. The SMILES string of the molecule is CC1(C)CC(O)CCN(N)C1. The first-order chi connectivity index (χ1) is 4.99. The Labute approximate surface area is 68.2 Å². The van der Waals surface area contributed by atoms with Gasteiger partial charge in [-0.25, -0.2) is 5.01 Å². The van der Waals surface area contributed by atoms with Crippen molar-refractivity contribution in [3.05, 3.63) is 0 Å². The van der Waals surface area contributed by atoms with Crippen molar-refractivity contribution in [3.63, 3.8) is 0 Å². The van der Waals surface area contributed by atoms with Crippen molar-refractivity contribution in [2.24, 2.45) is 11.3 Å². The lowest BCUT2D eigenvalue weighted by atomic mass is 9.87. The highest BCUT2D eigenvalue weighted by molar-refractivity contribution is 4.79. The van der Waals surface area contributed by atoms with E-state index >= 15 is 0 Å². The minimum Gasteiger partial charge on any atom is -0.393 e. The first kappa shape index (κ1) is 8.97. The fourth-order valence-corrected chi connectivity index (χ4v) is 1.75. The lowest BCUT2D eigenvalue weighted by molar-refractivity contribution is 0.121. The molecule has 0 aromatic rings. The third kappa shape index (κ3) is 2.77. The van der Waals surface area contributed by atoms with Crippen LogP contribution >= 0.6 is 0 Å². The van der Waals surface area contributed by atoms with Gasteiger partial charge in [0.1, 0.15) is 0 Å². The van der Waals surface area contributed by atoms with Crippen LogP contribution in [0.25, 0.3) is 0 Å². The number of aliphatic hydroxyl groups excluding tert-OH is 1. The van der Waals surface area contributed by atoms with Crippen LogP contribution < -0.4 is 5.84 Å². The smallest absolute Gasteiger partial charge is 0.0558 e. The maximum absolute atomic E-state index is 9.46. The Morgan fingerprint density at radius 2 is 2.18 bits per heavy atom. The van der Waals surface area contributed by atoms with E-state index in [-0.39, 0.29) is 11.5 Å². The lowest BCUT2D eigenvalue weighted by Crippen LogP contribution is -2.37. The number of hydrogen-bond acceptors (Lipinski definition) is 3. The highest BCUT2D eigenvalue weighted by Gasteiger charge is 2.27. The molecular weight excluding hydrogens is 140 g/mol. The van der Waals surface area contributed by atoms with Gasteiger partial charge in [0.15, 0.2) is 0 Å². The summed E-state index contributed by atoms with van der Waals surface area (Å²) in [6, 6.07) is 0. The third-order valence-corrected chi connectivity index (χ3v) is 2.17. The number of hydrogen-bond donors (Lipinski definition) is 2. The van der Waals surface area contributed by atoms with Gasteiger partial charge in [0.2, 0.25) is 0 Å². The second-order valence-corrected chi connectivity index (χ2v) is 4.28. The average molecular weight is 158 g/mol. The van der Waals surface area contributed by atoms with Crippen molar-refractivity contribution in [2.45, 2.75) is 32.8 Å². The van der Waals surface area contributed by atoms with Crippen LogP contribution in [0, 0.1) is 5.41 Å². The summed E-state index contributed by atoms with van der Waals surface area (Å²) < 4.78 is 0. The minimum absolute atomic E-state index is 0.157. The molecular formula is C8H18N2O. The van der Waals surface area contributed by atoms with Crippen LogP contribution in [-0.2, 0) is 0 Å². The van der Waals surface area contributed by atoms with Crippen molar-refractivity contribution in [3.8, 4) is 0 Å². The second-order valence-electron chi connectivity index (χ2n) is 4.28. The summed E-state index contributed by atoms with van der Waals surface area (Å²) >= 11 is 0. The van der Waals surface area contributed by atoms with Gasteiger partial charge in [0.25, 0.3) is 0 Å². The number of nitrogens with zero attached hydrogens (tertiary/aromatic N) is 1. The van der Waals surface area contributed by atoms with E-state index in [1.165, 1.54) is 0 Å². The number of hydrazine groups is 1. The van der Waals surface area contributed by atoms with Crippen molar-refractivity contribution in [1.29, 1.82) is 0 Å². The van der Waals surface area contributed by atoms with E-state index in [1.807, 2.05) is 0 Å². The Morgan fingerprint density at radius 1 is 1.55 bits per heavy atom. The van der Waals surface area contributed by atoms with E-state index in [4.69, 9.17) is 5.84 Å². The van der Waals surface area contributed by atoms with Gasteiger partial charge in [-0.2, -0.15) is 0 Å². The molecule has 1 fully saturated rings. The molecule has 3 N–H and O–H groups in total. The predicted octanol–water partition coefficient (Wildman–Crippen LogP) is 0.343. The highest BCUT2D eigenvalue weighted by Crippen LogP contribution is 2.26. The number of rotatable bonds is 0. The Balaban J connectivity index is 2.55. The fourth-order valence-electron chi connectivity index (χ4n) is 1.75. The van der Waals surface area contributed by atoms with Crippen LogP contribution in [-0.4, -0.2) is 29.3 Å². The van der Waals surface area contributed by atoms with Crippen LogP contribution in [0.5, 0.6) is 0 Å². The molecule has 1 atom stereocenters. The van der Waals surface area contributed by atoms with Crippen LogP contribution in [0.4, 0.5) is 0 Å². The largest absolute Gasteiger partial charge is 0.393 e. The van der Waals surface area contributed by atoms with E-state index in [0.717, 1.165) is 25.9 Å². The zero-order valence-corrected chi connectivity index (χ0v) is 7.38. The molecule has 1 unspecified atom stereocenters. The molecule has 0 aliphatic carbocycles. The zero-order valence-electron chi connectivity index (χ0n) is 7.38. The molecule has 0 aromatic heterocycles. The van der Waals surface area contributed by atoms with E-state index in [2.05, 4.69) is 13.8 Å². The van der Waals surface area contributed by atoms with Gasteiger partial charge in [0.05, 0.1) is 6.10 Å². The quantitative estimate of drug-likeness (QED) is 0.500. The molecule has 0 aromatic carbocycles. The summed E-state index contributed by atoms with van der Waals surface area (Å²) in [7, 11) is 0. The van der Waals surface area contributed by atoms with E-state index < -0.39 is 0 Å². The maximum Gasteiger partial charge on any atom is 0.0558 e. The molecule has 1 rings (SSSR count). The molecule has 66 valence electrons. The zero-order chi connectivity index (χ0) is 8.48. The van der Waals surface area contributed by atoms with Crippen molar-refractivity contribution >= 4 is 0 Å². The molecule has 11 heavy (non-hydrogen) atoms. The lowest BCUT2D eigenvalue weighted by Gasteiger charge is -2.26. The van der Waals surface area contributed by atoms with Gasteiger partial charge in [-0.1, -0.05) is 13.8 Å². The van der Waals surface area contributed by atoms with E-state index in [0.29, 0.717) is 0 Å². The van der Waals surface area contributed by atoms with Gasteiger partial charge >= 0.3 is 0 Å². The Bertz CT molecular complexity index is 122. The van der Waals surface area contributed by atoms with Crippen LogP contribution in [0.1, 0.15) is 26.7 Å². The minimum atomic E-state index is -0.168. The molecule has 0 spiro atoms. The van der Waals surface area contributed by atoms with Gasteiger partial charge in [-0.15, -0.1) is 0 Å². The van der Waals surface area contributed by atoms with Gasteiger partial charge < -0.3 is 5.11 Å². The van der Waals surface area contributed by atoms with Crippen LogP contribution in [0.2, 0.25) is 0 Å². The van der Waals surface area contributed by atoms with E-state index in [9.17, 15) is 5.11 Å². The highest BCUT2D eigenvalue weighted by atomic mass is 16.3. The molecule has 1 heterocycles. The molecule has 0 radical (unpaired) electrons. The summed E-state index contributed by atoms with van der Waals surface area (Å²) in [5.41, 5.74) is 0.157.